The first-order valence-electron chi connectivity index (χ1n) is 10.5. The van der Waals surface area contributed by atoms with E-state index in [0.717, 1.165) is 16.4 Å². The van der Waals surface area contributed by atoms with Crippen LogP contribution in [-0.2, 0) is 32.3 Å². The van der Waals surface area contributed by atoms with E-state index in [1.54, 1.807) is 34.7 Å². The van der Waals surface area contributed by atoms with E-state index in [2.05, 4.69) is 19.8 Å². The lowest BCUT2D eigenvalue weighted by molar-refractivity contribution is -0.768. The van der Waals surface area contributed by atoms with Crippen LogP contribution in [0, 0.1) is 0 Å². The Morgan fingerprint density at radius 3 is 2.94 bits per heavy atom. The van der Waals surface area contributed by atoms with Crippen LogP contribution in [0.2, 0.25) is 0 Å². The molecule has 2 aromatic rings. The molecule has 4 heterocycles. The summed E-state index contributed by atoms with van der Waals surface area (Å²) in [5, 5.41) is 27.0. The van der Waals surface area contributed by atoms with Crippen LogP contribution in [0.1, 0.15) is 12.7 Å². The van der Waals surface area contributed by atoms with Crippen LogP contribution in [0.4, 0.5) is 5.13 Å². The summed E-state index contributed by atoms with van der Waals surface area (Å²) in [6.07, 6.45) is 3.49. The maximum atomic E-state index is 12.9. The topological polar surface area (TPSA) is 192 Å². The summed E-state index contributed by atoms with van der Waals surface area (Å²) in [6.45, 7) is 2.31. The predicted octanol–water partition coefficient (Wildman–Crippen LogP) is -2.95. The SMILES string of the molecule is CCON=C(C(=O)NC1C(=O)N2C(C(=O)[O-])=C(C[n+]3cccn3CCO)CS[C@H]12)c1nsc(N)n1. The fourth-order valence-corrected chi connectivity index (χ4v) is 5.47. The Morgan fingerprint density at radius 2 is 2.29 bits per heavy atom. The molecule has 0 spiro atoms. The van der Waals surface area contributed by atoms with Gasteiger partial charge in [-0.1, -0.05) is 5.16 Å². The van der Waals surface area contributed by atoms with Gasteiger partial charge < -0.3 is 30.9 Å². The van der Waals surface area contributed by atoms with Crippen molar-refractivity contribution in [1.82, 2.24) is 24.3 Å². The van der Waals surface area contributed by atoms with Gasteiger partial charge >= 0.3 is 0 Å². The van der Waals surface area contributed by atoms with Gasteiger partial charge in [0.05, 0.1) is 24.5 Å². The van der Waals surface area contributed by atoms with Crippen LogP contribution in [0.25, 0.3) is 0 Å². The van der Waals surface area contributed by atoms with E-state index in [9.17, 15) is 24.6 Å². The number of oxime groups is 1. The molecule has 4 N–H and O–H groups in total. The number of thioether (sulfide) groups is 1. The van der Waals surface area contributed by atoms with Crippen LogP contribution in [-0.4, -0.2) is 77.9 Å². The standard InChI is InChI=1S/C19H22N8O6S2/c1-2-33-23-11(14-22-19(20)35-24-14)15(29)21-12-16(30)27-13(18(31)32)10(9-34-17(12)27)8-26-5-3-4-25(26)6-7-28/h3-5,12,17,28H,2,6-9H2,1H3,(H3-,20,21,22,24,29,31,32)/t12?,17-/m1/s1. The molecule has 14 nitrogen and oxygen atoms in total. The quantitative estimate of drug-likeness (QED) is 0.126. The number of hydrogen-bond acceptors (Lipinski definition) is 12. The molecule has 4 rings (SSSR count). The summed E-state index contributed by atoms with van der Waals surface area (Å²) in [5.41, 5.74) is 5.61. The van der Waals surface area contributed by atoms with E-state index in [0.29, 0.717) is 17.9 Å². The van der Waals surface area contributed by atoms with Crippen LogP contribution in [0.3, 0.4) is 0 Å². The molecule has 2 aromatic heterocycles. The number of carboxylic acid groups (broad SMARTS) is 1. The second kappa shape index (κ2) is 10.4. The minimum absolute atomic E-state index is 0.0427. The number of rotatable bonds is 10. The Hall–Kier alpha value is -3.50. The number of aromatic nitrogens is 4. The normalized spacial score (nSPS) is 19.9. The zero-order valence-corrected chi connectivity index (χ0v) is 20.1. The number of carbonyl (C=O) groups excluding carboxylic acids is 3. The molecular weight excluding hydrogens is 500 g/mol. The third-order valence-electron chi connectivity index (χ3n) is 5.21. The highest BCUT2D eigenvalue weighted by molar-refractivity contribution is 8.00. The number of nitrogens with two attached hydrogens (primary N) is 1. The summed E-state index contributed by atoms with van der Waals surface area (Å²) >= 11 is 2.19. The minimum Gasteiger partial charge on any atom is -0.543 e. The van der Waals surface area contributed by atoms with Crippen molar-refractivity contribution in [2.24, 2.45) is 5.16 Å². The highest BCUT2D eigenvalue weighted by Gasteiger charge is 2.53. The number of β-lactam (4-membered cyclic amide) rings is 1. The van der Waals surface area contributed by atoms with Crippen molar-refractivity contribution in [3.63, 3.8) is 0 Å². The number of aliphatic hydroxyl groups excluding tert-OH is 1. The average molecular weight is 523 g/mol. The van der Waals surface area contributed by atoms with Crippen molar-refractivity contribution in [2.45, 2.75) is 31.4 Å². The smallest absolute Gasteiger partial charge is 0.278 e. The van der Waals surface area contributed by atoms with E-state index >= 15 is 0 Å². The number of aliphatic hydroxyl groups is 1. The van der Waals surface area contributed by atoms with Crippen LogP contribution < -0.4 is 20.8 Å². The van der Waals surface area contributed by atoms with Gasteiger partial charge in [-0.3, -0.25) is 14.5 Å². The van der Waals surface area contributed by atoms with Crippen LogP contribution in [0.15, 0.2) is 34.9 Å². The number of carboxylic acids is 1. The number of nitrogen functional groups attached to an aromatic ring is 1. The van der Waals surface area contributed by atoms with Crippen molar-refractivity contribution in [3.8, 4) is 0 Å². The second-order valence-electron chi connectivity index (χ2n) is 7.39. The molecule has 0 radical (unpaired) electrons. The van der Waals surface area contributed by atoms with Crippen molar-refractivity contribution < 1.29 is 34.1 Å². The molecule has 1 unspecified atom stereocenters. The number of hydrogen-bond donors (Lipinski definition) is 3. The lowest BCUT2D eigenvalue weighted by Crippen LogP contribution is -2.71. The van der Waals surface area contributed by atoms with E-state index in [-0.39, 0.29) is 42.1 Å². The highest BCUT2D eigenvalue weighted by Crippen LogP contribution is 2.40. The van der Waals surface area contributed by atoms with Crippen LogP contribution in [0.5, 0.6) is 0 Å². The fourth-order valence-electron chi connectivity index (χ4n) is 3.70. The molecule has 0 aliphatic carbocycles. The second-order valence-corrected chi connectivity index (χ2v) is 9.28. The van der Waals surface area contributed by atoms with Gasteiger partial charge in [0.25, 0.3) is 11.8 Å². The molecule has 0 bridgehead atoms. The first-order chi connectivity index (χ1) is 16.8. The number of nitrogens with one attached hydrogen (secondary N) is 1. The largest absolute Gasteiger partial charge is 0.543 e. The highest BCUT2D eigenvalue weighted by atomic mass is 32.2. The summed E-state index contributed by atoms with van der Waals surface area (Å²) in [5.74, 6) is -2.57. The summed E-state index contributed by atoms with van der Waals surface area (Å²) in [4.78, 5) is 47.9. The van der Waals surface area contributed by atoms with Gasteiger partial charge in [0.1, 0.15) is 24.6 Å². The third-order valence-corrected chi connectivity index (χ3v) is 7.09. The van der Waals surface area contributed by atoms with Crippen molar-refractivity contribution in [3.05, 3.63) is 35.6 Å². The summed E-state index contributed by atoms with van der Waals surface area (Å²) < 4.78 is 7.43. The first-order valence-corrected chi connectivity index (χ1v) is 12.3. The fraction of sp³-hybridized carbons (Fsp3) is 0.421. The Kier molecular flexibility index (Phi) is 7.32. The lowest BCUT2D eigenvalue weighted by Gasteiger charge is -2.50. The van der Waals surface area contributed by atoms with Crippen molar-refractivity contribution in [2.75, 3.05) is 24.7 Å². The Labute approximate surface area is 207 Å². The van der Waals surface area contributed by atoms with Crippen LogP contribution >= 0.6 is 23.3 Å². The van der Waals surface area contributed by atoms with Gasteiger partial charge in [0, 0.05) is 28.9 Å². The Balaban J connectivity index is 1.53. The van der Waals surface area contributed by atoms with E-state index in [1.807, 2.05) is 0 Å². The molecule has 2 atom stereocenters. The molecule has 2 amide bonds. The monoisotopic (exact) mass is 522 g/mol. The zero-order chi connectivity index (χ0) is 25.1. The number of amides is 2. The van der Waals surface area contributed by atoms with Gasteiger partial charge in [-0.15, -0.1) is 16.4 Å². The molecule has 16 heteroatoms. The van der Waals surface area contributed by atoms with Gasteiger partial charge in [-0.05, 0) is 6.92 Å². The minimum atomic E-state index is -1.48. The van der Waals surface area contributed by atoms with Gasteiger partial charge in [0.2, 0.25) is 11.5 Å². The lowest BCUT2D eigenvalue weighted by atomic mass is 10.0. The van der Waals surface area contributed by atoms with Gasteiger partial charge in [-0.2, -0.15) is 14.0 Å². The molecule has 1 fully saturated rings. The van der Waals surface area contributed by atoms with Gasteiger partial charge in [-0.25, -0.2) is 0 Å². The molecular formula is C19H22N8O6S2. The summed E-state index contributed by atoms with van der Waals surface area (Å²) in [7, 11) is 0. The molecule has 2 aliphatic heterocycles. The molecule has 186 valence electrons. The number of anilines is 1. The number of carbonyl (C=O) groups is 3. The van der Waals surface area contributed by atoms with E-state index in [1.165, 1.54) is 11.8 Å². The average Bonchev–Trinajstić information content (AvgIpc) is 3.46. The molecule has 0 saturated carbocycles. The van der Waals surface area contributed by atoms with Crippen molar-refractivity contribution >= 4 is 51.9 Å². The number of nitrogens with zero attached hydrogens (tertiary/aromatic N) is 6. The summed E-state index contributed by atoms with van der Waals surface area (Å²) in [6, 6.07) is 0.775. The molecule has 0 aromatic carbocycles. The Morgan fingerprint density at radius 1 is 1.49 bits per heavy atom. The third kappa shape index (κ3) is 4.85. The Bertz CT molecular complexity index is 1210. The maximum Gasteiger partial charge on any atom is 0.278 e. The van der Waals surface area contributed by atoms with Crippen molar-refractivity contribution in [1.29, 1.82) is 0 Å². The molecule has 1 saturated heterocycles. The number of aliphatic carboxylic acids is 1. The van der Waals surface area contributed by atoms with Gasteiger partial charge in [0.15, 0.2) is 17.9 Å². The number of fused-ring (bicyclic) bond motifs is 1. The zero-order valence-electron chi connectivity index (χ0n) is 18.5. The predicted molar refractivity (Wildman–Crippen MR) is 121 cm³/mol. The molecule has 2 aliphatic rings. The maximum absolute atomic E-state index is 12.9. The first kappa shape index (κ1) is 24.6. The van der Waals surface area contributed by atoms with E-state index < -0.39 is 29.2 Å². The molecule has 35 heavy (non-hydrogen) atoms. The van der Waals surface area contributed by atoms with E-state index in [4.69, 9.17) is 10.6 Å².